The van der Waals surface area contributed by atoms with Gasteiger partial charge >= 0.3 is 0 Å². The summed E-state index contributed by atoms with van der Waals surface area (Å²) in [5.74, 6) is 1.53. The molecule has 0 radical (unpaired) electrons. The average Bonchev–Trinajstić information content (AvgIpc) is 2.67. The van der Waals surface area contributed by atoms with Crippen LogP contribution in [0.2, 0.25) is 0 Å². The van der Waals surface area contributed by atoms with E-state index >= 15 is 0 Å². The Kier molecular flexibility index (Phi) is 4.29. The molecule has 1 aliphatic rings. The van der Waals surface area contributed by atoms with Crippen molar-refractivity contribution in [2.24, 2.45) is 5.92 Å². The van der Waals surface area contributed by atoms with Gasteiger partial charge in [0.25, 0.3) is 0 Å². The first-order valence-corrected chi connectivity index (χ1v) is 8.93. The van der Waals surface area contributed by atoms with Crippen LogP contribution in [0.3, 0.4) is 0 Å². The quantitative estimate of drug-likeness (QED) is 0.731. The number of carbonyl (C=O) groups excluding carboxylic acids is 1. The van der Waals surface area contributed by atoms with Crippen LogP contribution in [0.4, 0.5) is 5.82 Å². The summed E-state index contributed by atoms with van der Waals surface area (Å²) in [6.45, 7) is 3.57. The van der Waals surface area contributed by atoms with Crippen molar-refractivity contribution in [2.45, 2.75) is 19.8 Å². The molecule has 2 heterocycles. The lowest BCUT2D eigenvalue weighted by Crippen LogP contribution is -2.36. The molecule has 26 heavy (non-hydrogen) atoms. The van der Waals surface area contributed by atoms with Crippen LogP contribution in [-0.4, -0.2) is 34.5 Å². The number of phenolic OH excluding ortho intramolecular Hbond substituents is 1. The summed E-state index contributed by atoms with van der Waals surface area (Å²) in [6.07, 6.45) is 2.94. The molecule has 0 aliphatic carbocycles. The third-order valence-corrected chi connectivity index (χ3v) is 4.93. The van der Waals surface area contributed by atoms with Gasteiger partial charge < -0.3 is 14.8 Å². The highest BCUT2D eigenvalue weighted by Crippen LogP contribution is 2.33. The van der Waals surface area contributed by atoms with Gasteiger partial charge in [-0.25, -0.2) is 9.97 Å². The van der Waals surface area contributed by atoms with Crippen molar-refractivity contribution in [2.75, 3.05) is 18.0 Å². The molecular weight excluding hydrogens is 326 g/mol. The van der Waals surface area contributed by atoms with Gasteiger partial charge in [0.05, 0.1) is 11.1 Å². The number of para-hydroxylation sites is 1. The Morgan fingerprint density at radius 2 is 2.04 bits per heavy atom. The summed E-state index contributed by atoms with van der Waals surface area (Å²) in [7, 11) is 0. The predicted octanol–water partition coefficient (Wildman–Crippen LogP) is 3.73. The van der Waals surface area contributed by atoms with E-state index in [9.17, 15) is 9.90 Å². The number of hydrogen-bond donors (Lipinski definition) is 1. The van der Waals surface area contributed by atoms with E-state index in [1.165, 1.54) is 0 Å². The van der Waals surface area contributed by atoms with Gasteiger partial charge in [-0.05, 0) is 49.6 Å². The largest absolute Gasteiger partial charge is 0.507 e. The molecule has 4 rings (SSSR count). The van der Waals surface area contributed by atoms with E-state index in [1.54, 1.807) is 12.1 Å². The Morgan fingerprint density at radius 3 is 2.85 bits per heavy atom. The van der Waals surface area contributed by atoms with Gasteiger partial charge in [0.2, 0.25) is 0 Å². The number of nitrogens with zero attached hydrogens (tertiary/aromatic N) is 3. The van der Waals surface area contributed by atoms with Crippen molar-refractivity contribution in [1.82, 2.24) is 9.97 Å². The van der Waals surface area contributed by atoms with Crippen molar-refractivity contribution in [1.29, 1.82) is 0 Å². The van der Waals surface area contributed by atoms with Crippen LogP contribution in [0.5, 0.6) is 5.75 Å². The number of aromatic hydroxyl groups is 1. The number of piperidine rings is 1. The number of rotatable bonds is 3. The summed E-state index contributed by atoms with van der Waals surface area (Å²) < 4.78 is 0. The summed E-state index contributed by atoms with van der Waals surface area (Å²) in [5, 5.41) is 11.2. The predicted molar refractivity (Wildman–Crippen MR) is 102 cm³/mol. The Hall–Kier alpha value is -2.95. The van der Waals surface area contributed by atoms with Crippen molar-refractivity contribution >= 4 is 23.0 Å². The number of benzene rings is 2. The molecule has 1 aliphatic heterocycles. The number of phenols is 1. The lowest BCUT2D eigenvalue weighted by Gasteiger charge is -2.32. The van der Waals surface area contributed by atoms with Gasteiger partial charge in [-0.15, -0.1) is 0 Å². The first-order chi connectivity index (χ1) is 12.7. The number of carbonyl (C=O) groups is 1. The molecule has 5 nitrogen and oxygen atoms in total. The minimum Gasteiger partial charge on any atom is -0.507 e. The van der Waals surface area contributed by atoms with Crippen LogP contribution in [0.1, 0.15) is 18.4 Å². The van der Waals surface area contributed by atoms with E-state index in [1.807, 2.05) is 31.2 Å². The first kappa shape index (κ1) is 16.5. The molecule has 2 aromatic carbocycles. The molecule has 132 valence electrons. The molecule has 0 amide bonds. The van der Waals surface area contributed by atoms with E-state index in [4.69, 9.17) is 9.97 Å². The van der Waals surface area contributed by atoms with Crippen LogP contribution in [-0.2, 0) is 4.79 Å². The van der Waals surface area contributed by atoms with Crippen LogP contribution < -0.4 is 4.90 Å². The number of anilines is 1. The molecule has 0 bridgehead atoms. The van der Waals surface area contributed by atoms with Crippen LogP contribution >= 0.6 is 0 Å². The fourth-order valence-corrected chi connectivity index (χ4v) is 3.56. The maximum Gasteiger partial charge on any atom is 0.165 e. The standard InChI is InChI=1S/C21H21N3O2/c1-14-8-9-16-18(11-14)22-20(17-6-2-3-7-19(17)26)23-21(16)24-10-4-5-15(12-24)13-25/h2-3,6-9,11,13,15,26H,4-5,10,12H2,1H3. The Labute approximate surface area is 152 Å². The monoisotopic (exact) mass is 347 g/mol. The maximum absolute atomic E-state index is 11.3. The van der Waals surface area contributed by atoms with Gasteiger partial charge in [-0.1, -0.05) is 18.2 Å². The van der Waals surface area contributed by atoms with Crippen molar-refractivity contribution in [3.05, 3.63) is 48.0 Å². The number of hydrogen-bond acceptors (Lipinski definition) is 5. The Morgan fingerprint density at radius 1 is 1.19 bits per heavy atom. The van der Waals surface area contributed by atoms with Crippen molar-refractivity contribution < 1.29 is 9.90 Å². The van der Waals surface area contributed by atoms with E-state index in [0.717, 1.165) is 48.0 Å². The zero-order valence-corrected chi connectivity index (χ0v) is 14.7. The third-order valence-electron chi connectivity index (χ3n) is 4.93. The topological polar surface area (TPSA) is 66.3 Å². The van der Waals surface area contributed by atoms with Gasteiger partial charge in [0.1, 0.15) is 17.9 Å². The normalized spacial score (nSPS) is 17.4. The second-order valence-corrected chi connectivity index (χ2v) is 6.89. The summed E-state index contributed by atoms with van der Waals surface area (Å²) >= 11 is 0. The minimum atomic E-state index is 0.0350. The van der Waals surface area contributed by atoms with Gasteiger partial charge in [0.15, 0.2) is 5.82 Å². The molecule has 3 aromatic rings. The summed E-state index contributed by atoms with van der Waals surface area (Å²) in [6, 6.07) is 13.2. The highest BCUT2D eigenvalue weighted by atomic mass is 16.3. The first-order valence-electron chi connectivity index (χ1n) is 8.93. The Balaban J connectivity index is 1.90. The molecule has 0 saturated carbocycles. The van der Waals surface area contributed by atoms with E-state index < -0.39 is 0 Å². The number of aldehydes is 1. The highest BCUT2D eigenvalue weighted by Gasteiger charge is 2.23. The SMILES string of the molecule is Cc1ccc2c(N3CCCC(C=O)C3)nc(-c3ccccc3O)nc2c1. The van der Waals surface area contributed by atoms with Gasteiger partial charge in [0, 0.05) is 24.4 Å². The molecule has 1 N–H and O–H groups in total. The minimum absolute atomic E-state index is 0.0350. The van der Waals surface area contributed by atoms with E-state index in [0.29, 0.717) is 17.9 Å². The molecule has 1 unspecified atom stereocenters. The molecular formula is C21H21N3O2. The molecule has 1 saturated heterocycles. The molecule has 0 spiro atoms. The van der Waals surface area contributed by atoms with Crippen molar-refractivity contribution in [3.63, 3.8) is 0 Å². The lowest BCUT2D eigenvalue weighted by molar-refractivity contribution is -0.111. The van der Waals surface area contributed by atoms with Crippen LogP contribution in [0.15, 0.2) is 42.5 Å². The third kappa shape index (κ3) is 3.01. The maximum atomic E-state index is 11.3. The molecule has 1 fully saturated rings. The average molecular weight is 347 g/mol. The highest BCUT2D eigenvalue weighted by molar-refractivity contribution is 5.92. The molecule has 5 heteroatoms. The van der Waals surface area contributed by atoms with Gasteiger partial charge in [-0.2, -0.15) is 0 Å². The zero-order valence-electron chi connectivity index (χ0n) is 14.7. The van der Waals surface area contributed by atoms with Gasteiger partial charge in [-0.3, -0.25) is 0 Å². The second-order valence-electron chi connectivity index (χ2n) is 6.89. The van der Waals surface area contributed by atoms with Crippen LogP contribution in [0, 0.1) is 12.8 Å². The van der Waals surface area contributed by atoms with E-state index in [-0.39, 0.29) is 11.7 Å². The number of aromatic nitrogens is 2. The van der Waals surface area contributed by atoms with E-state index in [2.05, 4.69) is 11.0 Å². The fraction of sp³-hybridized carbons (Fsp3) is 0.286. The second kappa shape index (κ2) is 6.75. The summed E-state index contributed by atoms with van der Waals surface area (Å²) in [4.78, 5) is 22.9. The smallest absolute Gasteiger partial charge is 0.165 e. The van der Waals surface area contributed by atoms with Crippen LogP contribution in [0.25, 0.3) is 22.3 Å². The molecule has 1 atom stereocenters. The number of fused-ring (bicyclic) bond motifs is 1. The lowest BCUT2D eigenvalue weighted by atomic mass is 9.99. The summed E-state index contributed by atoms with van der Waals surface area (Å²) in [5.41, 5.74) is 2.58. The fourth-order valence-electron chi connectivity index (χ4n) is 3.56. The molecule has 1 aromatic heterocycles. The zero-order chi connectivity index (χ0) is 18.1. The number of aryl methyl sites for hydroxylation is 1. The van der Waals surface area contributed by atoms with Crippen molar-refractivity contribution in [3.8, 4) is 17.1 Å². The Bertz CT molecular complexity index is 971.